The molecule has 0 bridgehead atoms. The summed E-state index contributed by atoms with van der Waals surface area (Å²) in [6.07, 6.45) is 8.53. The number of ether oxygens (including phenoxy) is 1. The number of rotatable bonds is 9. The first-order valence-corrected chi connectivity index (χ1v) is 13.5. The van der Waals surface area contributed by atoms with E-state index in [9.17, 15) is 13.2 Å². The van der Waals surface area contributed by atoms with Gasteiger partial charge in [-0.2, -0.15) is 4.31 Å². The van der Waals surface area contributed by atoms with Crippen LogP contribution in [0.1, 0.15) is 75.6 Å². The van der Waals surface area contributed by atoms with Crippen molar-refractivity contribution in [2.24, 2.45) is 0 Å². The van der Waals surface area contributed by atoms with E-state index < -0.39 is 10.0 Å². The van der Waals surface area contributed by atoms with Gasteiger partial charge in [-0.3, -0.25) is 9.69 Å². The van der Waals surface area contributed by atoms with E-state index in [1.54, 1.807) is 16.4 Å². The first-order chi connectivity index (χ1) is 15.4. The van der Waals surface area contributed by atoms with E-state index in [-0.39, 0.29) is 22.6 Å². The van der Waals surface area contributed by atoms with Gasteiger partial charge in [-0.1, -0.05) is 26.2 Å². The number of unbranched alkanes of at least 4 members (excludes halogenated alkanes) is 1. The van der Waals surface area contributed by atoms with Crippen LogP contribution in [0.2, 0.25) is 0 Å². The zero-order valence-corrected chi connectivity index (χ0v) is 20.6. The average Bonchev–Trinajstić information content (AvgIpc) is 2.81. The smallest absolute Gasteiger partial charge is 0.251 e. The van der Waals surface area contributed by atoms with E-state index in [0.29, 0.717) is 24.7 Å². The van der Waals surface area contributed by atoms with Crippen molar-refractivity contribution in [2.45, 2.75) is 82.2 Å². The first-order valence-electron chi connectivity index (χ1n) is 12.1. The standard InChI is InChI=1S/C24H39N3O4S/c1-4-5-14-26-15-8-7-11-21(26)18-25-24(28)20-12-13-22(31-3)23(17-20)32(29,30)27-16-9-6-10-19(27)2/h12-13,17,19,21H,4-11,14-16,18H2,1-3H3,(H,25,28). The molecule has 32 heavy (non-hydrogen) atoms. The number of carbonyl (C=O) groups is 1. The number of likely N-dealkylation sites (tertiary alicyclic amines) is 1. The molecule has 1 aromatic carbocycles. The molecule has 2 heterocycles. The topological polar surface area (TPSA) is 79.0 Å². The average molecular weight is 466 g/mol. The molecule has 3 rings (SSSR count). The molecular weight excluding hydrogens is 426 g/mol. The van der Waals surface area contributed by atoms with Crippen LogP contribution in [0.25, 0.3) is 0 Å². The summed E-state index contributed by atoms with van der Waals surface area (Å²) in [5.41, 5.74) is 0.352. The van der Waals surface area contributed by atoms with E-state index in [0.717, 1.165) is 45.2 Å². The SMILES string of the molecule is CCCCN1CCCCC1CNC(=O)c1ccc(OC)c(S(=O)(=O)N2CCCCC2C)c1. The van der Waals surface area contributed by atoms with Crippen LogP contribution >= 0.6 is 0 Å². The molecule has 180 valence electrons. The Bertz CT molecular complexity index is 874. The minimum absolute atomic E-state index is 0.0589. The number of sulfonamides is 1. The summed E-state index contributed by atoms with van der Waals surface area (Å²) in [5, 5.41) is 3.05. The Morgan fingerprint density at radius 3 is 2.62 bits per heavy atom. The Kier molecular flexibility index (Phi) is 8.96. The monoisotopic (exact) mass is 465 g/mol. The lowest BCUT2D eigenvalue weighted by molar-refractivity contribution is 0.0912. The number of nitrogens with one attached hydrogen (secondary N) is 1. The van der Waals surface area contributed by atoms with E-state index in [2.05, 4.69) is 17.1 Å². The van der Waals surface area contributed by atoms with Gasteiger partial charge in [0.25, 0.3) is 5.91 Å². The Morgan fingerprint density at radius 1 is 1.16 bits per heavy atom. The molecule has 2 unspecified atom stereocenters. The second-order valence-corrected chi connectivity index (χ2v) is 10.9. The minimum Gasteiger partial charge on any atom is -0.495 e. The van der Waals surface area contributed by atoms with Crippen molar-refractivity contribution >= 4 is 15.9 Å². The van der Waals surface area contributed by atoms with Gasteiger partial charge in [0.1, 0.15) is 10.6 Å². The van der Waals surface area contributed by atoms with Crippen LogP contribution in [-0.4, -0.2) is 68.9 Å². The normalized spacial score (nSPS) is 23.1. The van der Waals surface area contributed by atoms with Gasteiger partial charge in [0.05, 0.1) is 7.11 Å². The lowest BCUT2D eigenvalue weighted by Crippen LogP contribution is -2.47. The maximum atomic E-state index is 13.4. The number of amides is 1. The Labute approximate surface area is 193 Å². The van der Waals surface area contributed by atoms with Gasteiger partial charge in [-0.05, 0) is 70.3 Å². The van der Waals surface area contributed by atoms with Crippen molar-refractivity contribution in [1.29, 1.82) is 0 Å². The molecule has 0 saturated carbocycles. The lowest BCUT2D eigenvalue weighted by Gasteiger charge is -2.35. The fourth-order valence-electron chi connectivity index (χ4n) is 4.83. The van der Waals surface area contributed by atoms with Gasteiger partial charge in [0, 0.05) is 30.7 Å². The molecule has 1 amide bonds. The number of hydrogen-bond donors (Lipinski definition) is 1. The molecule has 1 N–H and O–H groups in total. The summed E-state index contributed by atoms with van der Waals surface area (Å²) in [7, 11) is -2.28. The molecule has 2 fully saturated rings. The summed E-state index contributed by atoms with van der Waals surface area (Å²) in [4.78, 5) is 15.5. The summed E-state index contributed by atoms with van der Waals surface area (Å²) >= 11 is 0. The molecule has 8 heteroatoms. The Morgan fingerprint density at radius 2 is 1.91 bits per heavy atom. The number of piperidine rings is 2. The largest absolute Gasteiger partial charge is 0.495 e. The molecule has 0 aromatic heterocycles. The van der Waals surface area contributed by atoms with Gasteiger partial charge in [0.15, 0.2) is 0 Å². The van der Waals surface area contributed by atoms with Crippen LogP contribution in [0.3, 0.4) is 0 Å². The van der Waals surface area contributed by atoms with Crippen LogP contribution in [0.5, 0.6) is 5.75 Å². The summed E-state index contributed by atoms with van der Waals surface area (Å²) < 4.78 is 33.7. The van der Waals surface area contributed by atoms with Crippen LogP contribution in [0.4, 0.5) is 0 Å². The molecule has 0 radical (unpaired) electrons. The number of hydrogen-bond acceptors (Lipinski definition) is 5. The molecular formula is C24H39N3O4S. The molecule has 2 aliphatic rings. The third-order valence-electron chi connectivity index (χ3n) is 6.80. The van der Waals surface area contributed by atoms with E-state index in [4.69, 9.17) is 4.74 Å². The number of benzene rings is 1. The Balaban J connectivity index is 1.74. The second-order valence-electron chi connectivity index (χ2n) is 9.08. The summed E-state index contributed by atoms with van der Waals surface area (Å²) in [5.74, 6) is 0.0363. The van der Waals surface area contributed by atoms with Crippen molar-refractivity contribution in [1.82, 2.24) is 14.5 Å². The molecule has 1 aromatic rings. The van der Waals surface area contributed by atoms with Gasteiger partial charge in [-0.15, -0.1) is 0 Å². The van der Waals surface area contributed by atoms with E-state index >= 15 is 0 Å². The fourth-order valence-corrected chi connectivity index (χ4v) is 6.72. The zero-order chi connectivity index (χ0) is 23.1. The zero-order valence-electron chi connectivity index (χ0n) is 19.8. The maximum Gasteiger partial charge on any atom is 0.251 e. The van der Waals surface area contributed by atoms with Gasteiger partial charge >= 0.3 is 0 Å². The lowest BCUT2D eigenvalue weighted by atomic mass is 10.0. The Hall–Kier alpha value is -1.64. The van der Waals surface area contributed by atoms with E-state index in [1.807, 2.05) is 6.92 Å². The van der Waals surface area contributed by atoms with Gasteiger partial charge in [0.2, 0.25) is 10.0 Å². The van der Waals surface area contributed by atoms with E-state index in [1.165, 1.54) is 32.4 Å². The van der Waals surface area contributed by atoms with Crippen LogP contribution in [0.15, 0.2) is 23.1 Å². The second kappa shape index (κ2) is 11.5. The van der Waals surface area contributed by atoms with Crippen LogP contribution in [-0.2, 0) is 10.0 Å². The third kappa shape index (κ3) is 5.83. The number of nitrogens with zero attached hydrogens (tertiary/aromatic N) is 2. The third-order valence-corrected chi connectivity index (χ3v) is 8.84. The van der Waals surface area contributed by atoms with Crippen LogP contribution in [0, 0.1) is 0 Å². The van der Waals surface area contributed by atoms with Crippen molar-refractivity contribution in [3.8, 4) is 5.75 Å². The van der Waals surface area contributed by atoms with Gasteiger partial charge in [-0.25, -0.2) is 8.42 Å². The van der Waals surface area contributed by atoms with Crippen molar-refractivity contribution in [3.63, 3.8) is 0 Å². The first kappa shape index (κ1) is 25.0. The highest BCUT2D eigenvalue weighted by Crippen LogP contribution is 2.31. The van der Waals surface area contributed by atoms with Gasteiger partial charge < -0.3 is 10.1 Å². The van der Waals surface area contributed by atoms with Crippen molar-refractivity contribution < 1.29 is 17.9 Å². The molecule has 0 aliphatic carbocycles. The fraction of sp³-hybridized carbons (Fsp3) is 0.708. The molecule has 0 spiro atoms. The summed E-state index contributed by atoms with van der Waals surface area (Å²) in [6, 6.07) is 4.99. The number of carbonyl (C=O) groups excluding carboxylic acids is 1. The molecule has 2 saturated heterocycles. The highest BCUT2D eigenvalue weighted by molar-refractivity contribution is 7.89. The molecule has 7 nitrogen and oxygen atoms in total. The van der Waals surface area contributed by atoms with Crippen molar-refractivity contribution in [3.05, 3.63) is 23.8 Å². The predicted octanol–water partition coefficient (Wildman–Crippen LogP) is 3.64. The van der Waals surface area contributed by atoms with Crippen LogP contribution < -0.4 is 10.1 Å². The maximum absolute atomic E-state index is 13.4. The predicted molar refractivity (Wildman–Crippen MR) is 127 cm³/mol. The highest BCUT2D eigenvalue weighted by atomic mass is 32.2. The number of methoxy groups -OCH3 is 1. The minimum atomic E-state index is -3.74. The highest BCUT2D eigenvalue weighted by Gasteiger charge is 2.33. The quantitative estimate of drug-likeness (QED) is 0.602. The molecule has 2 atom stereocenters. The molecule has 2 aliphatic heterocycles. The summed E-state index contributed by atoms with van der Waals surface area (Å²) in [6.45, 7) is 7.36. The van der Waals surface area contributed by atoms with Crippen molar-refractivity contribution in [2.75, 3.05) is 33.3 Å².